The minimum Gasteiger partial charge on any atom is -0.321 e. The van der Waals surface area contributed by atoms with E-state index in [2.05, 4.69) is 10.4 Å². The number of carbonyl (C=O) groups excluding carboxylic acids is 2. The number of rotatable bonds is 4. The highest BCUT2D eigenvalue weighted by Gasteiger charge is 2.33. The van der Waals surface area contributed by atoms with Crippen molar-refractivity contribution in [3.05, 3.63) is 71.8 Å². The first-order valence-corrected chi connectivity index (χ1v) is 8.44. The predicted molar refractivity (Wildman–Crippen MR) is 104 cm³/mol. The third-order valence-electron chi connectivity index (χ3n) is 4.28. The number of nitriles is 1. The molecule has 134 valence electrons. The molecular weight excluding hydrogens is 340 g/mol. The Hall–Kier alpha value is -3.72. The maximum Gasteiger partial charge on any atom is 0.266 e. The van der Waals surface area contributed by atoms with Crippen molar-refractivity contribution in [3.8, 4) is 6.07 Å². The van der Waals surface area contributed by atoms with E-state index >= 15 is 0 Å². The molecule has 2 aromatic carbocycles. The van der Waals surface area contributed by atoms with Gasteiger partial charge < -0.3 is 5.32 Å². The van der Waals surface area contributed by atoms with E-state index in [1.54, 1.807) is 31.2 Å². The molecule has 1 N–H and O–H groups in total. The zero-order chi connectivity index (χ0) is 19.4. The van der Waals surface area contributed by atoms with Crippen LogP contribution in [0.4, 0.5) is 11.4 Å². The van der Waals surface area contributed by atoms with Crippen molar-refractivity contribution in [2.24, 2.45) is 11.0 Å². The fraction of sp³-hybridized carbons (Fsp3) is 0.143. The van der Waals surface area contributed by atoms with Crippen molar-refractivity contribution >= 4 is 28.9 Å². The molecule has 0 unspecified atom stereocenters. The molecule has 0 spiro atoms. The first-order valence-electron chi connectivity index (χ1n) is 8.44. The third-order valence-corrected chi connectivity index (χ3v) is 4.28. The topological polar surface area (TPSA) is 85.6 Å². The molecule has 0 bridgehead atoms. The summed E-state index contributed by atoms with van der Waals surface area (Å²) >= 11 is 0. The van der Waals surface area contributed by atoms with Crippen molar-refractivity contribution in [1.29, 1.82) is 5.26 Å². The van der Waals surface area contributed by atoms with Gasteiger partial charge in [-0.25, -0.2) is 0 Å². The van der Waals surface area contributed by atoms with Crippen LogP contribution in [0.25, 0.3) is 0 Å². The Morgan fingerprint density at radius 1 is 1.15 bits per heavy atom. The molecule has 1 aliphatic rings. The summed E-state index contributed by atoms with van der Waals surface area (Å²) in [5.74, 6) is -1.59. The number of benzene rings is 2. The molecule has 3 rings (SSSR count). The lowest BCUT2D eigenvalue weighted by molar-refractivity contribution is -0.118. The van der Waals surface area contributed by atoms with Crippen molar-refractivity contribution in [1.82, 2.24) is 0 Å². The number of hydrogen-bond acceptors (Lipinski definition) is 4. The van der Waals surface area contributed by atoms with E-state index in [-0.39, 0.29) is 11.5 Å². The number of hydrogen-bond donors (Lipinski definition) is 1. The average Bonchev–Trinajstić information content (AvgIpc) is 2.96. The first-order chi connectivity index (χ1) is 13.0. The first kappa shape index (κ1) is 18.1. The molecule has 1 atom stereocenters. The average molecular weight is 358 g/mol. The number of anilines is 2. The summed E-state index contributed by atoms with van der Waals surface area (Å²) in [5, 5.41) is 17.7. The Bertz CT molecular complexity index is 987. The van der Waals surface area contributed by atoms with E-state index < -0.39 is 11.8 Å². The van der Waals surface area contributed by atoms with Crippen LogP contribution < -0.4 is 10.3 Å². The SMILES string of the molecule is CC1=NN(c2ccccc2)C(=O)[C@@H]1/C=C(/C#N)C(=O)Nc1ccccc1C. The third kappa shape index (κ3) is 3.77. The van der Waals surface area contributed by atoms with Gasteiger partial charge in [-0.2, -0.15) is 15.4 Å². The molecule has 27 heavy (non-hydrogen) atoms. The highest BCUT2D eigenvalue weighted by Crippen LogP contribution is 2.25. The summed E-state index contributed by atoms with van der Waals surface area (Å²) in [6.07, 6.45) is 1.37. The molecule has 6 nitrogen and oxygen atoms in total. The smallest absolute Gasteiger partial charge is 0.266 e. The monoisotopic (exact) mass is 358 g/mol. The van der Waals surface area contributed by atoms with Gasteiger partial charge >= 0.3 is 0 Å². The fourth-order valence-corrected chi connectivity index (χ4v) is 2.76. The molecule has 2 amide bonds. The van der Waals surface area contributed by atoms with Gasteiger partial charge in [0.05, 0.1) is 17.3 Å². The zero-order valence-corrected chi connectivity index (χ0v) is 15.0. The number of amides is 2. The summed E-state index contributed by atoms with van der Waals surface area (Å²) in [6, 6.07) is 18.2. The Labute approximate surface area is 157 Å². The number of aryl methyl sites for hydroxylation is 1. The van der Waals surface area contributed by atoms with Crippen LogP contribution >= 0.6 is 0 Å². The van der Waals surface area contributed by atoms with E-state index in [0.717, 1.165) is 5.56 Å². The maximum absolute atomic E-state index is 12.7. The van der Waals surface area contributed by atoms with E-state index in [9.17, 15) is 14.9 Å². The van der Waals surface area contributed by atoms with Crippen molar-refractivity contribution < 1.29 is 9.59 Å². The Morgan fingerprint density at radius 3 is 2.48 bits per heavy atom. The Kier molecular flexibility index (Phi) is 5.13. The van der Waals surface area contributed by atoms with Crippen LogP contribution in [0.1, 0.15) is 12.5 Å². The second-order valence-corrected chi connectivity index (χ2v) is 6.17. The molecule has 0 aliphatic carbocycles. The fourth-order valence-electron chi connectivity index (χ4n) is 2.76. The van der Waals surface area contributed by atoms with Crippen LogP contribution in [0.15, 0.2) is 71.3 Å². The minimum atomic E-state index is -0.748. The van der Waals surface area contributed by atoms with Gasteiger partial charge in [-0.05, 0) is 43.7 Å². The Morgan fingerprint density at radius 2 is 1.81 bits per heavy atom. The lowest BCUT2D eigenvalue weighted by atomic mass is 10.0. The van der Waals surface area contributed by atoms with Crippen LogP contribution in [0.2, 0.25) is 0 Å². The molecule has 0 fully saturated rings. The highest BCUT2D eigenvalue weighted by molar-refractivity contribution is 6.17. The van der Waals surface area contributed by atoms with E-state index in [0.29, 0.717) is 17.1 Å². The second kappa shape index (κ2) is 7.67. The van der Waals surface area contributed by atoms with Crippen molar-refractivity contribution in [2.75, 3.05) is 10.3 Å². The van der Waals surface area contributed by atoms with Crippen molar-refractivity contribution in [3.63, 3.8) is 0 Å². The molecular formula is C21H18N4O2. The minimum absolute atomic E-state index is 0.124. The lowest BCUT2D eigenvalue weighted by Crippen LogP contribution is -2.27. The van der Waals surface area contributed by atoms with Crippen LogP contribution in [0, 0.1) is 24.2 Å². The van der Waals surface area contributed by atoms with E-state index in [1.807, 2.05) is 43.3 Å². The van der Waals surface area contributed by atoms with Gasteiger partial charge in [0.2, 0.25) is 0 Å². The molecule has 0 aromatic heterocycles. The second-order valence-electron chi connectivity index (χ2n) is 6.17. The summed E-state index contributed by atoms with van der Waals surface area (Å²) in [6.45, 7) is 3.57. The van der Waals surface area contributed by atoms with Gasteiger partial charge in [-0.1, -0.05) is 36.4 Å². The number of hydrazone groups is 1. The summed E-state index contributed by atoms with van der Waals surface area (Å²) in [7, 11) is 0. The summed E-state index contributed by atoms with van der Waals surface area (Å²) in [4.78, 5) is 25.2. The molecule has 2 aromatic rings. The zero-order valence-electron chi connectivity index (χ0n) is 15.0. The van der Waals surface area contributed by atoms with Gasteiger partial charge in [0, 0.05) is 5.69 Å². The lowest BCUT2D eigenvalue weighted by Gasteiger charge is -2.13. The van der Waals surface area contributed by atoms with Gasteiger partial charge in [-0.3, -0.25) is 9.59 Å². The number of nitrogens with zero attached hydrogens (tertiary/aromatic N) is 3. The van der Waals surface area contributed by atoms with Gasteiger partial charge in [-0.15, -0.1) is 0 Å². The Balaban J connectivity index is 1.83. The predicted octanol–water partition coefficient (Wildman–Crippen LogP) is 3.42. The molecule has 0 radical (unpaired) electrons. The summed E-state index contributed by atoms with van der Waals surface area (Å²) < 4.78 is 0. The van der Waals surface area contributed by atoms with Crippen LogP contribution in [-0.2, 0) is 9.59 Å². The number of nitrogens with one attached hydrogen (secondary N) is 1. The maximum atomic E-state index is 12.7. The number of carbonyl (C=O) groups is 2. The standard InChI is InChI=1S/C21H18N4O2/c1-14-8-6-7-11-19(14)23-20(26)16(13-22)12-18-15(2)24-25(21(18)27)17-9-4-3-5-10-17/h3-12,18H,1-2H3,(H,23,26)/b16-12-/t18-/m1/s1. The van der Waals surface area contributed by atoms with Crippen LogP contribution in [0.5, 0.6) is 0 Å². The van der Waals surface area contributed by atoms with Crippen molar-refractivity contribution in [2.45, 2.75) is 13.8 Å². The van der Waals surface area contributed by atoms with Gasteiger partial charge in [0.25, 0.3) is 11.8 Å². The van der Waals surface area contributed by atoms with Gasteiger partial charge in [0.1, 0.15) is 11.6 Å². The van der Waals surface area contributed by atoms with Gasteiger partial charge in [0.15, 0.2) is 0 Å². The molecule has 0 saturated heterocycles. The number of para-hydroxylation sites is 2. The van der Waals surface area contributed by atoms with Crippen LogP contribution in [-0.4, -0.2) is 17.5 Å². The molecule has 1 aliphatic heterocycles. The van der Waals surface area contributed by atoms with E-state index in [1.165, 1.54) is 11.1 Å². The quantitative estimate of drug-likeness (QED) is 0.671. The summed E-state index contributed by atoms with van der Waals surface area (Å²) in [5.41, 5.74) is 2.55. The molecule has 0 saturated carbocycles. The normalized spacial score (nSPS) is 16.7. The highest BCUT2D eigenvalue weighted by atomic mass is 16.2. The largest absolute Gasteiger partial charge is 0.321 e. The molecule has 6 heteroatoms. The van der Waals surface area contributed by atoms with E-state index in [4.69, 9.17) is 0 Å². The molecule has 1 heterocycles. The van der Waals surface area contributed by atoms with Crippen LogP contribution in [0.3, 0.4) is 0 Å².